The number of aromatic nitrogens is 3. The summed E-state index contributed by atoms with van der Waals surface area (Å²) >= 11 is 3.64. The van der Waals surface area contributed by atoms with Crippen molar-refractivity contribution in [3.8, 4) is 5.75 Å². The molecule has 0 N–H and O–H groups in total. The van der Waals surface area contributed by atoms with E-state index in [4.69, 9.17) is 4.74 Å². The number of fused-ring (bicyclic) bond motifs is 1. The topological polar surface area (TPSA) is 39.9 Å². The summed E-state index contributed by atoms with van der Waals surface area (Å²) in [7, 11) is 0. The summed E-state index contributed by atoms with van der Waals surface area (Å²) in [5.74, 6) is 0.779. The second-order valence-corrected chi connectivity index (χ2v) is 8.02. The Kier molecular flexibility index (Phi) is 4.63. The van der Waals surface area contributed by atoms with Gasteiger partial charge < -0.3 is 4.74 Å². The van der Waals surface area contributed by atoms with E-state index in [1.54, 1.807) is 0 Å². The van der Waals surface area contributed by atoms with Crippen LogP contribution in [0.4, 0.5) is 0 Å². The molecule has 24 heavy (non-hydrogen) atoms. The monoisotopic (exact) mass is 387 g/mol. The van der Waals surface area contributed by atoms with Crippen LogP contribution in [0.1, 0.15) is 39.4 Å². The Morgan fingerprint density at radius 2 is 1.83 bits per heavy atom. The van der Waals surface area contributed by atoms with Crippen molar-refractivity contribution < 1.29 is 4.74 Å². The maximum Gasteiger partial charge on any atom is 0.136 e. The van der Waals surface area contributed by atoms with Crippen LogP contribution in [0, 0.1) is 5.41 Å². The molecule has 1 aromatic heterocycles. The van der Waals surface area contributed by atoms with Gasteiger partial charge in [-0.2, -0.15) is 0 Å². The molecule has 0 aliphatic heterocycles. The van der Waals surface area contributed by atoms with Gasteiger partial charge in [-0.05, 0) is 46.0 Å². The molecule has 1 unspecified atom stereocenters. The predicted octanol–water partition coefficient (Wildman–Crippen LogP) is 5.38. The van der Waals surface area contributed by atoms with Gasteiger partial charge in [0.25, 0.3) is 0 Å². The van der Waals surface area contributed by atoms with E-state index in [-0.39, 0.29) is 11.5 Å². The first-order valence-electron chi connectivity index (χ1n) is 8.08. The van der Waals surface area contributed by atoms with Crippen LogP contribution in [0.15, 0.2) is 46.9 Å². The largest absolute Gasteiger partial charge is 0.485 e. The van der Waals surface area contributed by atoms with Crippen molar-refractivity contribution in [3.05, 3.63) is 52.5 Å². The number of ether oxygens (including phenoxy) is 1. The summed E-state index contributed by atoms with van der Waals surface area (Å²) < 4.78 is 8.92. The zero-order valence-corrected chi connectivity index (χ0v) is 16.0. The summed E-state index contributed by atoms with van der Waals surface area (Å²) in [5, 5.41) is 8.63. The smallest absolute Gasteiger partial charge is 0.136 e. The predicted molar refractivity (Wildman–Crippen MR) is 100 cm³/mol. The summed E-state index contributed by atoms with van der Waals surface area (Å²) in [6.07, 6.45) is -0.0374. The van der Waals surface area contributed by atoms with Gasteiger partial charge in [-0.3, -0.25) is 0 Å². The number of hydrogen-bond acceptors (Lipinski definition) is 3. The fourth-order valence-electron chi connectivity index (χ4n) is 2.63. The molecule has 1 heterocycles. The summed E-state index contributed by atoms with van der Waals surface area (Å²) in [6, 6.07) is 14.2. The lowest BCUT2D eigenvalue weighted by Crippen LogP contribution is -2.16. The molecule has 3 aromatic rings. The van der Waals surface area contributed by atoms with Gasteiger partial charge in [0.1, 0.15) is 17.4 Å². The normalized spacial score (nSPS) is 13.2. The van der Waals surface area contributed by atoms with Crippen LogP contribution in [0.3, 0.4) is 0 Å². The van der Waals surface area contributed by atoms with Crippen molar-refractivity contribution in [2.75, 3.05) is 0 Å². The molecule has 0 spiro atoms. The van der Waals surface area contributed by atoms with E-state index in [0.29, 0.717) is 0 Å². The van der Waals surface area contributed by atoms with Crippen LogP contribution in [0.5, 0.6) is 5.75 Å². The minimum absolute atomic E-state index is 0.0374. The van der Waals surface area contributed by atoms with Crippen molar-refractivity contribution in [1.82, 2.24) is 15.0 Å². The van der Waals surface area contributed by atoms with Gasteiger partial charge >= 0.3 is 0 Å². The van der Waals surface area contributed by atoms with Crippen molar-refractivity contribution in [2.45, 2.75) is 40.3 Å². The zero-order chi connectivity index (χ0) is 17.3. The fraction of sp³-hybridized carbons (Fsp3) is 0.368. The van der Waals surface area contributed by atoms with E-state index in [2.05, 4.69) is 59.1 Å². The molecule has 3 rings (SSSR count). The summed E-state index contributed by atoms with van der Waals surface area (Å²) in [6.45, 7) is 9.43. The molecule has 2 aromatic carbocycles. The Morgan fingerprint density at radius 1 is 1.12 bits per heavy atom. The molecule has 0 saturated heterocycles. The Bertz CT molecular complexity index is 837. The van der Waals surface area contributed by atoms with Gasteiger partial charge in [-0.1, -0.05) is 56.3 Å². The third-order valence-corrected chi connectivity index (χ3v) is 4.55. The van der Waals surface area contributed by atoms with Crippen LogP contribution in [0.2, 0.25) is 0 Å². The molecule has 0 fully saturated rings. The average molecular weight is 388 g/mol. The summed E-state index contributed by atoms with van der Waals surface area (Å²) in [5.41, 5.74) is 3.12. The quantitative estimate of drug-likeness (QED) is 0.603. The Balaban J connectivity index is 1.89. The minimum atomic E-state index is -0.0374. The maximum atomic E-state index is 6.13. The van der Waals surface area contributed by atoms with Crippen LogP contribution >= 0.6 is 15.9 Å². The fourth-order valence-corrected chi connectivity index (χ4v) is 3.13. The van der Waals surface area contributed by atoms with E-state index < -0.39 is 0 Å². The van der Waals surface area contributed by atoms with E-state index >= 15 is 0 Å². The van der Waals surface area contributed by atoms with Gasteiger partial charge in [0.15, 0.2) is 0 Å². The molecule has 126 valence electrons. The number of hydrogen-bond donors (Lipinski definition) is 0. The highest BCUT2D eigenvalue weighted by atomic mass is 79.9. The van der Waals surface area contributed by atoms with Gasteiger partial charge in [0.2, 0.25) is 0 Å². The van der Waals surface area contributed by atoms with E-state index in [1.165, 1.54) is 0 Å². The lowest BCUT2D eigenvalue weighted by molar-refractivity contribution is 0.226. The lowest BCUT2D eigenvalue weighted by Gasteiger charge is -2.18. The standard InChI is InChI=1S/C19H22BrN3O/c1-13(14-8-6-5-7-9-14)24-16-11-10-15-18(17(16)20)21-22-23(15)12-19(2,3)4/h5-11,13H,12H2,1-4H3. The zero-order valence-electron chi connectivity index (χ0n) is 14.5. The molecular weight excluding hydrogens is 366 g/mol. The molecule has 0 aliphatic carbocycles. The van der Waals surface area contributed by atoms with Gasteiger partial charge in [0, 0.05) is 6.54 Å². The van der Waals surface area contributed by atoms with Crippen LogP contribution in [0.25, 0.3) is 11.0 Å². The molecular formula is C19H22BrN3O. The third kappa shape index (κ3) is 3.61. The highest BCUT2D eigenvalue weighted by molar-refractivity contribution is 9.10. The molecule has 0 radical (unpaired) electrons. The lowest BCUT2D eigenvalue weighted by atomic mass is 9.97. The highest BCUT2D eigenvalue weighted by Crippen LogP contribution is 2.35. The van der Waals surface area contributed by atoms with E-state index in [1.807, 2.05) is 41.9 Å². The number of benzene rings is 2. The minimum Gasteiger partial charge on any atom is -0.485 e. The first-order valence-corrected chi connectivity index (χ1v) is 8.88. The maximum absolute atomic E-state index is 6.13. The number of halogens is 1. The van der Waals surface area contributed by atoms with Crippen molar-refractivity contribution in [3.63, 3.8) is 0 Å². The first kappa shape index (κ1) is 17.0. The van der Waals surface area contributed by atoms with Crippen molar-refractivity contribution in [2.24, 2.45) is 5.41 Å². The second kappa shape index (κ2) is 6.55. The second-order valence-electron chi connectivity index (χ2n) is 7.22. The number of rotatable bonds is 4. The van der Waals surface area contributed by atoms with Crippen molar-refractivity contribution in [1.29, 1.82) is 0 Å². The molecule has 0 saturated carbocycles. The Labute approximate surface area is 151 Å². The van der Waals surface area contributed by atoms with Crippen LogP contribution < -0.4 is 4.74 Å². The molecule has 1 atom stereocenters. The summed E-state index contributed by atoms with van der Waals surface area (Å²) in [4.78, 5) is 0. The highest BCUT2D eigenvalue weighted by Gasteiger charge is 2.18. The van der Waals surface area contributed by atoms with Crippen molar-refractivity contribution >= 4 is 27.0 Å². The SMILES string of the molecule is CC(Oc1ccc2c(nnn2CC(C)(C)C)c1Br)c1ccccc1. The first-order chi connectivity index (χ1) is 11.3. The Hall–Kier alpha value is -1.88. The van der Waals surface area contributed by atoms with Crippen LogP contribution in [-0.2, 0) is 6.54 Å². The van der Waals surface area contributed by atoms with Gasteiger partial charge in [0.05, 0.1) is 9.99 Å². The molecule has 4 nitrogen and oxygen atoms in total. The number of nitrogens with zero attached hydrogens (tertiary/aromatic N) is 3. The Morgan fingerprint density at radius 3 is 2.50 bits per heavy atom. The molecule has 0 aliphatic rings. The average Bonchev–Trinajstić information content (AvgIpc) is 2.92. The molecule has 0 bridgehead atoms. The van der Waals surface area contributed by atoms with Gasteiger partial charge in [-0.15, -0.1) is 5.10 Å². The van der Waals surface area contributed by atoms with E-state index in [0.717, 1.165) is 33.4 Å². The van der Waals surface area contributed by atoms with Gasteiger partial charge in [-0.25, -0.2) is 4.68 Å². The van der Waals surface area contributed by atoms with E-state index in [9.17, 15) is 0 Å². The van der Waals surface area contributed by atoms with Crippen LogP contribution in [-0.4, -0.2) is 15.0 Å². The molecule has 5 heteroatoms. The molecule has 0 amide bonds. The third-order valence-electron chi connectivity index (χ3n) is 3.79.